The fourth-order valence-corrected chi connectivity index (χ4v) is 2.51. The number of ether oxygens (including phenoxy) is 1. The van der Waals surface area contributed by atoms with Gasteiger partial charge in [-0.2, -0.15) is 0 Å². The summed E-state index contributed by atoms with van der Waals surface area (Å²) in [6, 6.07) is 0.189. The van der Waals surface area contributed by atoms with Crippen molar-refractivity contribution in [3.63, 3.8) is 0 Å². The summed E-state index contributed by atoms with van der Waals surface area (Å²) in [7, 11) is 1.63. The first-order chi connectivity index (χ1) is 9.99. The number of rotatable bonds is 9. The van der Waals surface area contributed by atoms with Crippen LogP contribution in [0.5, 0.6) is 0 Å². The van der Waals surface area contributed by atoms with E-state index in [9.17, 15) is 9.59 Å². The van der Waals surface area contributed by atoms with Crippen molar-refractivity contribution in [1.82, 2.24) is 15.5 Å². The summed E-state index contributed by atoms with van der Waals surface area (Å²) in [6.45, 7) is 5.22. The second kappa shape index (κ2) is 8.84. The number of carboxylic acids is 1. The summed E-state index contributed by atoms with van der Waals surface area (Å²) >= 11 is 0. The maximum absolute atomic E-state index is 11.7. The van der Waals surface area contributed by atoms with Gasteiger partial charge in [0.05, 0.1) is 12.6 Å². The molecule has 7 nitrogen and oxygen atoms in total. The molecule has 0 saturated heterocycles. The van der Waals surface area contributed by atoms with Crippen molar-refractivity contribution in [2.75, 3.05) is 26.7 Å². The maximum atomic E-state index is 11.7. The number of likely N-dealkylation sites (N-methyl/N-ethyl adjacent to an activating group) is 1. The van der Waals surface area contributed by atoms with Crippen molar-refractivity contribution >= 4 is 12.0 Å². The lowest BCUT2D eigenvalue weighted by molar-refractivity contribution is -0.139. The van der Waals surface area contributed by atoms with E-state index in [1.165, 1.54) is 0 Å². The van der Waals surface area contributed by atoms with Crippen LogP contribution in [-0.2, 0) is 9.53 Å². The Balaban J connectivity index is 2.21. The Morgan fingerprint density at radius 2 is 2.05 bits per heavy atom. The molecule has 1 aliphatic rings. The van der Waals surface area contributed by atoms with Crippen LogP contribution in [0.15, 0.2) is 0 Å². The maximum Gasteiger partial charge on any atom is 0.317 e. The number of nitrogens with one attached hydrogen (secondary N) is 2. The number of hydrogen-bond acceptors (Lipinski definition) is 4. The van der Waals surface area contributed by atoms with Crippen LogP contribution in [0.1, 0.15) is 33.1 Å². The lowest BCUT2D eigenvalue weighted by Gasteiger charge is -2.42. The summed E-state index contributed by atoms with van der Waals surface area (Å²) < 4.78 is 5.19. The number of carboxylic acid groups (broad SMARTS) is 1. The van der Waals surface area contributed by atoms with Crippen molar-refractivity contribution in [1.29, 1.82) is 0 Å². The number of carbonyl (C=O) groups excluding carboxylic acids is 1. The molecule has 1 saturated carbocycles. The molecule has 0 heterocycles. The predicted octanol–water partition coefficient (Wildman–Crippen LogP) is 0.648. The van der Waals surface area contributed by atoms with Gasteiger partial charge in [0.1, 0.15) is 0 Å². The van der Waals surface area contributed by atoms with Crippen molar-refractivity contribution in [3.05, 3.63) is 0 Å². The highest BCUT2D eigenvalue weighted by Crippen LogP contribution is 2.25. The zero-order chi connectivity index (χ0) is 15.8. The fraction of sp³-hybridized carbons (Fsp3) is 0.857. The smallest absolute Gasteiger partial charge is 0.317 e. The molecule has 0 aliphatic heterocycles. The summed E-state index contributed by atoms with van der Waals surface area (Å²) in [5.41, 5.74) is 0. The quantitative estimate of drug-likeness (QED) is 0.581. The first-order valence-electron chi connectivity index (χ1n) is 7.53. The molecule has 1 fully saturated rings. The molecule has 1 aliphatic carbocycles. The van der Waals surface area contributed by atoms with E-state index < -0.39 is 5.97 Å². The summed E-state index contributed by atoms with van der Waals surface area (Å²) in [5.74, 6) is -0.809. The van der Waals surface area contributed by atoms with Crippen molar-refractivity contribution in [2.24, 2.45) is 0 Å². The molecule has 0 bridgehead atoms. The van der Waals surface area contributed by atoms with Crippen LogP contribution < -0.4 is 10.6 Å². The highest BCUT2D eigenvalue weighted by molar-refractivity contribution is 5.74. The molecule has 0 aromatic carbocycles. The third kappa shape index (κ3) is 5.89. The lowest BCUT2D eigenvalue weighted by Crippen LogP contribution is -2.56. The molecular weight excluding hydrogens is 274 g/mol. The van der Waals surface area contributed by atoms with Crippen LogP contribution >= 0.6 is 0 Å². The fourth-order valence-electron chi connectivity index (χ4n) is 2.51. The largest absolute Gasteiger partial charge is 0.480 e. The number of amides is 2. The Hall–Kier alpha value is -1.34. The Labute approximate surface area is 126 Å². The highest BCUT2D eigenvalue weighted by atomic mass is 16.5. The Morgan fingerprint density at radius 3 is 2.52 bits per heavy atom. The summed E-state index contributed by atoms with van der Waals surface area (Å²) in [6.07, 6.45) is 2.49. The van der Waals surface area contributed by atoms with E-state index in [0.29, 0.717) is 13.1 Å². The SMILES string of the molecule is CCC(CNC(=O)NC1CC(N(CC)CC(=O)O)C1)OC. The van der Waals surface area contributed by atoms with E-state index in [0.717, 1.165) is 19.3 Å². The van der Waals surface area contributed by atoms with Gasteiger partial charge in [-0.1, -0.05) is 13.8 Å². The molecule has 1 rings (SSSR count). The van der Waals surface area contributed by atoms with E-state index in [-0.39, 0.29) is 30.8 Å². The highest BCUT2D eigenvalue weighted by Gasteiger charge is 2.34. The number of carbonyl (C=O) groups is 2. The molecule has 7 heteroatoms. The van der Waals surface area contributed by atoms with Crippen molar-refractivity contribution in [2.45, 2.75) is 51.3 Å². The molecule has 21 heavy (non-hydrogen) atoms. The van der Waals surface area contributed by atoms with Gasteiger partial charge >= 0.3 is 12.0 Å². The van der Waals surface area contributed by atoms with E-state index in [2.05, 4.69) is 10.6 Å². The Morgan fingerprint density at radius 1 is 1.38 bits per heavy atom. The van der Waals surface area contributed by atoms with Crippen LogP contribution in [0.2, 0.25) is 0 Å². The minimum absolute atomic E-state index is 0.0380. The third-order valence-electron chi connectivity index (χ3n) is 3.99. The van der Waals surface area contributed by atoms with Crippen LogP contribution in [-0.4, -0.2) is 66.9 Å². The van der Waals surface area contributed by atoms with Gasteiger partial charge < -0.3 is 20.5 Å². The number of nitrogens with zero attached hydrogens (tertiary/aromatic N) is 1. The molecule has 1 unspecified atom stereocenters. The van der Waals surface area contributed by atoms with Gasteiger partial charge in [0.15, 0.2) is 0 Å². The number of urea groups is 1. The van der Waals surface area contributed by atoms with E-state index >= 15 is 0 Å². The first-order valence-corrected chi connectivity index (χ1v) is 7.53. The number of methoxy groups -OCH3 is 1. The van der Waals surface area contributed by atoms with E-state index in [4.69, 9.17) is 9.84 Å². The van der Waals surface area contributed by atoms with Crippen molar-refractivity contribution in [3.8, 4) is 0 Å². The van der Waals surface area contributed by atoms with Gasteiger partial charge in [-0.15, -0.1) is 0 Å². The average molecular weight is 301 g/mol. The average Bonchev–Trinajstić information content (AvgIpc) is 2.41. The number of aliphatic carboxylic acids is 1. The molecule has 0 spiro atoms. The van der Waals surface area contributed by atoms with E-state index in [1.54, 1.807) is 7.11 Å². The van der Waals surface area contributed by atoms with Crippen LogP contribution in [0.3, 0.4) is 0 Å². The van der Waals surface area contributed by atoms with Gasteiger partial charge in [-0.05, 0) is 25.8 Å². The summed E-state index contributed by atoms with van der Waals surface area (Å²) in [5, 5.41) is 14.5. The van der Waals surface area contributed by atoms with Crippen LogP contribution in [0, 0.1) is 0 Å². The Bertz CT molecular complexity index is 341. The van der Waals surface area contributed by atoms with Crippen LogP contribution in [0.4, 0.5) is 4.79 Å². The minimum Gasteiger partial charge on any atom is -0.480 e. The zero-order valence-corrected chi connectivity index (χ0v) is 13.1. The minimum atomic E-state index is -0.809. The van der Waals surface area contributed by atoms with Gasteiger partial charge in [-0.25, -0.2) is 4.79 Å². The second-order valence-corrected chi connectivity index (χ2v) is 5.40. The van der Waals surface area contributed by atoms with E-state index in [1.807, 2.05) is 18.7 Å². The van der Waals surface area contributed by atoms with Gasteiger partial charge in [0, 0.05) is 25.7 Å². The molecule has 3 N–H and O–H groups in total. The third-order valence-corrected chi connectivity index (χ3v) is 3.99. The van der Waals surface area contributed by atoms with Gasteiger partial charge in [0.25, 0.3) is 0 Å². The second-order valence-electron chi connectivity index (χ2n) is 5.40. The van der Waals surface area contributed by atoms with Crippen molar-refractivity contribution < 1.29 is 19.4 Å². The Kier molecular flexibility index (Phi) is 7.45. The predicted molar refractivity (Wildman–Crippen MR) is 79.3 cm³/mol. The first kappa shape index (κ1) is 17.7. The zero-order valence-electron chi connectivity index (χ0n) is 13.1. The van der Waals surface area contributed by atoms with Gasteiger partial charge in [0.2, 0.25) is 0 Å². The topological polar surface area (TPSA) is 90.9 Å². The number of hydrogen-bond donors (Lipinski definition) is 3. The molecule has 122 valence electrons. The molecule has 1 atom stereocenters. The molecule has 0 aromatic heterocycles. The monoisotopic (exact) mass is 301 g/mol. The standard InChI is InChI=1S/C14H27N3O4/c1-4-12(21-3)8-15-14(20)16-10-6-11(7-10)17(5-2)9-13(18)19/h10-12H,4-9H2,1-3H3,(H,18,19)(H2,15,16,20). The molecular formula is C14H27N3O4. The molecule has 0 radical (unpaired) electrons. The summed E-state index contributed by atoms with van der Waals surface area (Å²) in [4.78, 5) is 24.4. The van der Waals surface area contributed by atoms with Crippen LogP contribution in [0.25, 0.3) is 0 Å². The lowest BCUT2D eigenvalue weighted by atomic mass is 9.85. The molecule has 0 aromatic rings. The molecule has 2 amide bonds. The van der Waals surface area contributed by atoms with Gasteiger partial charge in [-0.3, -0.25) is 9.69 Å². The normalized spacial score (nSPS) is 22.5.